The molecule has 3 heterocycles. The van der Waals surface area contributed by atoms with Gasteiger partial charge in [0.2, 0.25) is 0 Å². The monoisotopic (exact) mass is 492 g/mol. The molecule has 6 nitrogen and oxygen atoms in total. The molecule has 0 aliphatic rings. The summed E-state index contributed by atoms with van der Waals surface area (Å²) in [6.07, 6.45) is 1.59. The van der Waals surface area contributed by atoms with Gasteiger partial charge in [-0.25, -0.2) is 18.4 Å². The Morgan fingerprint density at radius 3 is 2.63 bits per heavy atom. The van der Waals surface area contributed by atoms with Crippen molar-refractivity contribution in [2.45, 2.75) is 20.5 Å². The first-order valence-corrected chi connectivity index (χ1v) is 11.1. The van der Waals surface area contributed by atoms with Crippen LogP contribution in [0.15, 0.2) is 71.7 Å². The van der Waals surface area contributed by atoms with Crippen LogP contribution in [-0.2, 0) is 6.61 Å². The Kier molecular flexibility index (Phi) is 5.82. The molecule has 0 spiro atoms. The van der Waals surface area contributed by atoms with Crippen LogP contribution in [0.2, 0.25) is 5.02 Å². The number of hydrogen-bond donors (Lipinski definition) is 0. The van der Waals surface area contributed by atoms with E-state index in [2.05, 4.69) is 10.1 Å². The lowest BCUT2D eigenvalue weighted by molar-refractivity contribution is 0.308. The summed E-state index contributed by atoms with van der Waals surface area (Å²) in [6, 6.07) is 15.5. The molecule has 0 bridgehead atoms. The maximum atomic E-state index is 14.4. The fraction of sp³-hybridized carbons (Fsp3) is 0.115. The minimum Gasteiger partial charge on any atom is -0.485 e. The van der Waals surface area contributed by atoms with Gasteiger partial charge in [-0.15, -0.1) is 0 Å². The van der Waals surface area contributed by atoms with Crippen LogP contribution in [0.25, 0.3) is 22.6 Å². The average Bonchev–Trinajstić information content (AvgIpc) is 3.21. The Morgan fingerprint density at radius 1 is 1.03 bits per heavy atom. The number of benzene rings is 2. The lowest BCUT2D eigenvalue weighted by atomic mass is 10.1. The van der Waals surface area contributed by atoms with Crippen molar-refractivity contribution in [3.8, 4) is 22.7 Å². The number of pyridine rings is 1. The lowest BCUT2D eigenvalue weighted by Crippen LogP contribution is -2.19. The van der Waals surface area contributed by atoms with Crippen molar-refractivity contribution in [2.24, 2.45) is 0 Å². The second-order valence-electron chi connectivity index (χ2n) is 8.00. The largest absolute Gasteiger partial charge is 0.485 e. The normalized spacial score (nSPS) is 11.2. The maximum Gasteiger partial charge on any atom is 0.267 e. The van der Waals surface area contributed by atoms with Crippen molar-refractivity contribution in [2.75, 3.05) is 0 Å². The van der Waals surface area contributed by atoms with E-state index in [0.717, 1.165) is 23.8 Å². The minimum absolute atomic E-state index is 0.0458. The third-order valence-corrected chi connectivity index (χ3v) is 5.99. The van der Waals surface area contributed by atoms with Crippen molar-refractivity contribution in [3.63, 3.8) is 0 Å². The van der Waals surface area contributed by atoms with Gasteiger partial charge in [0.25, 0.3) is 5.56 Å². The van der Waals surface area contributed by atoms with Crippen LogP contribution >= 0.6 is 11.6 Å². The molecule has 3 aromatic heterocycles. The van der Waals surface area contributed by atoms with Crippen LogP contribution < -0.4 is 10.3 Å². The van der Waals surface area contributed by atoms with Crippen LogP contribution in [0.1, 0.15) is 17.0 Å². The number of rotatable bonds is 5. The molecule has 0 atom stereocenters. The molecule has 0 N–H and O–H groups in total. The molecule has 0 radical (unpaired) electrons. The van der Waals surface area contributed by atoms with E-state index in [0.29, 0.717) is 33.5 Å². The molecule has 0 amide bonds. The first-order chi connectivity index (χ1) is 16.8. The molecule has 0 unspecified atom stereocenters. The van der Waals surface area contributed by atoms with Crippen molar-refractivity contribution in [1.29, 1.82) is 0 Å². The molecule has 0 saturated carbocycles. The molecule has 0 fully saturated rings. The Balaban J connectivity index is 1.57. The highest BCUT2D eigenvalue weighted by Gasteiger charge is 2.19. The summed E-state index contributed by atoms with van der Waals surface area (Å²) in [4.78, 5) is 18.1. The first kappa shape index (κ1) is 22.7. The Bertz CT molecular complexity index is 1650. The number of nitrogens with zero attached hydrogens (tertiary/aromatic N) is 4. The van der Waals surface area contributed by atoms with E-state index in [9.17, 15) is 13.6 Å². The van der Waals surface area contributed by atoms with Gasteiger partial charge in [0.05, 0.1) is 11.3 Å². The van der Waals surface area contributed by atoms with Gasteiger partial charge in [0.15, 0.2) is 11.4 Å². The van der Waals surface area contributed by atoms with Gasteiger partial charge in [-0.3, -0.25) is 9.20 Å². The number of halogens is 3. The van der Waals surface area contributed by atoms with Crippen molar-refractivity contribution >= 4 is 17.2 Å². The zero-order valence-corrected chi connectivity index (χ0v) is 19.6. The third kappa shape index (κ3) is 4.17. The highest BCUT2D eigenvalue weighted by molar-refractivity contribution is 6.31. The fourth-order valence-corrected chi connectivity index (χ4v) is 4.10. The maximum absolute atomic E-state index is 14.4. The predicted octanol–water partition coefficient (Wildman–Crippen LogP) is 5.67. The molecule has 0 saturated heterocycles. The van der Waals surface area contributed by atoms with Crippen LogP contribution in [0.4, 0.5) is 8.78 Å². The second-order valence-corrected chi connectivity index (χ2v) is 8.41. The standard InChI is InChI=1S/C26H19ClF2N4O2/c1-15-12-21(31-33(15)22-13-18(28)9-10-20(22)29)24-16(2)30-25-23(8-5-11-32(25)26(24)34)35-14-17-6-3-4-7-19(17)27/h3-13H,14H2,1-2H3. The van der Waals surface area contributed by atoms with Gasteiger partial charge < -0.3 is 4.74 Å². The fourth-order valence-electron chi connectivity index (χ4n) is 3.91. The van der Waals surface area contributed by atoms with Gasteiger partial charge >= 0.3 is 0 Å². The first-order valence-electron chi connectivity index (χ1n) is 10.7. The number of fused-ring (bicyclic) bond motifs is 1. The van der Waals surface area contributed by atoms with Crippen LogP contribution in [0.3, 0.4) is 0 Å². The zero-order valence-electron chi connectivity index (χ0n) is 18.8. The van der Waals surface area contributed by atoms with E-state index in [1.807, 2.05) is 18.2 Å². The van der Waals surface area contributed by atoms with Crippen LogP contribution in [0, 0.1) is 25.5 Å². The quantitative estimate of drug-likeness (QED) is 0.317. The number of aromatic nitrogens is 4. The summed E-state index contributed by atoms with van der Waals surface area (Å²) >= 11 is 6.22. The Morgan fingerprint density at radius 2 is 1.83 bits per heavy atom. The molecule has 0 aliphatic carbocycles. The van der Waals surface area contributed by atoms with Gasteiger partial charge in [-0.2, -0.15) is 5.10 Å². The van der Waals surface area contributed by atoms with E-state index in [1.54, 1.807) is 44.3 Å². The molecule has 5 aromatic rings. The predicted molar refractivity (Wildman–Crippen MR) is 129 cm³/mol. The van der Waals surface area contributed by atoms with E-state index in [4.69, 9.17) is 16.3 Å². The molecule has 35 heavy (non-hydrogen) atoms. The Labute approximate surface area is 204 Å². The van der Waals surface area contributed by atoms with Gasteiger partial charge in [0.1, 0.15) is 29.6 Å². The number of hydrogen-bond acceptors (Lipinski definition) is 4. The topological polar surface area (TPSA) is 61.4 Å². The second kappa shape index (κ2) is 8.96. The van der Waals surface area contributed by atoms with E-state index < -0.39 is 11.6 Å². The van der Waals surface area contributed by atoms with Crippen LogP contribution in [0.5, 0.6) is 5.75 Å². The summed E-state index contributed by atoms with van der Waals surface area (Å²) in [6.45, 7) is 3.60. The van der Waals surface area contributed by atoms with Crippen LogP contribution in [-0.4, -0.2) is 19.2 Å². The number of aryl methyl sites for hydroxylation is 2. The third-order valence-electron chi connectivity index (χ3n) is 5.62. The van der Waals surface area contributed by atoms with Gasteiger partial charge in [-0.05, 0) is 50.2 Å². The van der Waals surface area contributed by atoms with Gasteiger partial charge in [0, 0.05) is 28.5 Å². The molecule has 0 aliphatic heterocycles. The highest BCUT2D eigenvalue weighted by Crippen LogP contribution is 2.26. The van der Waals surface area contributed by atoms with Crippen molar-refractivity contribution in [3.05, 3.63) is 111 Å². The van der Waals surface area contributed by atoms with Gasteiger partial charge in [-0.1, -0.05) is 29.8 Å². The summed E-state index contributed by atoms with van der Waals surface area (Å²) < 4.78 is 36.7. The smallest absolute Gasteiger partial charge is 0.267 e. The SMILES string of the molecule is Cc1nc2c(OCc3ccccc3Cl)cccn2c(=O)c1-c1cc(C)n(-c2cc(F)ccc2F)n1. The van der Waals surface area contributed by atoms with E-state index in [1.165, 1.54) is 9.08 Å². The van der Waals surface area contributed by atoms with E-state index in [-0.39, 0.29) is 23.4 Å². The van der Waals surface area contributed by atoms with Crippen molar-refractivity contribution in [1.82, 2.24) is 19.2 Å². The molecular formula is C26H19ClF2N4O2. The summed E-state index contributed by atoms with van der Waals surface area (Å²) in [5.74, 6) is -0.803. The molecule has 2 aromatic carbocycles. The molecule has 5 rings (SSSR count). The summed E-state index contributed by atoms with van der Waals surface area (Å²) in [5.41, 5.74) is 2.26. The molecular weight excluding hydrogens is 474 g/mol. The minimum atomic E-state index is -0.630. The Hall–Kier alpha value is -4.04. The summed E-state index contributed by atoms with van der Waals surface area (Å²) in [7, 11) is 0. The molecule has 9 heteroatoms. The highest BCUT2D eigenvalue weighted by atomic mass is 35.5. The van der Waals surface area contributed by atoms with Crippen molar-refractivity contribution < 1.29 is 13.5 Å². The average molecular weight is 493 g/mol. The van der Waals surface area contributed by atoms with E-state index >= 15 is 0 Å². The number of ether oxygens (including phenoxy) is 1. The molecule has 176 valence electrons. The zero-order chi connectivity index (χ0) is 24.7. The lowest BCUT2D eigenvalue weighted by Gasteiger charge is -2.12. The summed E-state index contributed by atoms with van der Waals surface area (Å²) in [5, 5.41) is 4.98.